The summed E-state index contributed by atoms with van der Waals surface area (Å²) >= 11 is 11.7. The Bertz CT molecular complexity index is 430. The third-order valence-electron chi connectivity index (χ3n) is 3.22. The van der Waals surface area contributed by atoms with Gasteiger partial charge in [-0.25, -0.2) is 0 Å². The first kappa shape index (κ1) is 15.0. The van der Waals surface area contributed by atoms with Crippen molar-refractivity contribution in [3.63, 3.8) is 0 Å². The first-order valence-electron chi connectivity index (χ1n) is 6.20. The van der Waals surface area contributed by atoms with Gasteiger partial charge in [0.05, 0.1) is 34.9 Å². The van der Waals surface area contributed by atoms with Crippen LogP contribution >= 0.6 is 23.2 Å². The van der Waals surface area contributed by atoms with E-state index in [4.69, 9.17) is 27.9 Å². The largest absolute Gasteiger partial charge is 0.391 e. The molecule has 0 unspecified atom stereocenters. The first-order valence-corrected chi connectivity index (χ1v) is 6.95. The predicted molar refractivity (Wildman–Crippen MR) is 74.7 cm³/mol. The smallest absolute Gasteiger partial charge is 0.0915 e. The van der Waals surface area contributed by atoms with E-state index in [-0.39, 0.29) is 6.04 Å². The highest BCUT2D eigenvalue weighted by molar-refractivity contribution is 6.42. The number of rotatable bonds is 4. The monoisotopic (exact) mass is 305 g/mol. The molecule has 19 heavy (non-hydrogen) atoms. The number of aliphatic hydroxyl groups excluding tert-OH is 2. The normalized spacial score (nSPS) is 25.3. The Morgan fingerprint density at radius 1 is 1.37 bits per heavy atom. The van der Waals surface area contributed by atoms with Gasteiger partial charge in [0.15, 0.2) is 0 Å². The average Bonchev–Trinajstić information content (AvgIpc) is 2.40. The van der Waals surface area contributed by atoms with Gasteiger partial charge in [-0.2, -0.15) is 0 Å². The van der Waals surface area contributed by atoms with Crippen LogP contribution in [0.4, 0.5) is 0 Å². The maximum absolute atomic E-state index is 10.1. The summed E-state index contributed by atoms with van der Waals surface area (Å²) in [6, 6.07) is 4.88. The molecule has 1 aromatic rings. The van der Waals surface area contributed by atoms with Gasteiger partial charge in [0.25, 0.3) is 0 Å². The van der Waals surface area contributed by atoms with Crippen LogP contribution in [0.25, 0.3) is 0 Å². The molecule has 0 aliphatic carbocycles. The average molecular weight is 306 g/mol. The van der Waals surface area contributed by atoms with E-state index in [1.165, 1.54) is 0 Å². The minimum Gasteiger partial charge on any atom is -0.391 e. The second kappa shape index (κ2) is 6.88. The summed E-state index contributed by atoms with van der Waals surface area (Å²) in [6.45, 7) is 1.35. The van der Waals surface area contributed by atoms with Crippen molar-refractivity contribution >= 4 is 23.2 Å². The van der Waals surface area contributed by atoms with Gasteiger partial charge >= 0.3 is 0 Å². The first-order chi connectivity index (χ1) is 9.08. The zero-order chi connectivity index (χ0) is 13.8. The Labute approximate surface area is 122 Å². The zero-order valence-corrected chi connectivity index (χ0v) is 11.9. The van der Waals surface area contributed by atoms with Crippen LogP contribution in [0.5, 0.6) is 0 Å². The van der Waals surface area contributed by atoms with Gasteiger partial charge in [-0.05, 0) is 24.1 Å². The Hall–Kier alpha value is -0.360. The van der Waals surface area contributed by atoms with Crippen LogP contribution in [-0.2, 0) is 4.74 Å². The van der Waals surface area contributed by atoms with E-state index < -0.39 is 12.2 Å². The highest BCUT2D eigenvalue weighted by Crippen LogP contribution is 2.25. The molecular formula is C13H17Cl2NO3. The molecule has 0 aromatic heterocycles. The molecule has 0 bridgehead atoms. The van der Waals surface area contributed by atoms with Gasteiger partial charge in [0.2, 0.25) is 0 Å². The van der Waals surface area contributed by atoms with Crippen LogP contribution in [0.15, 0.2) is 18.2 Å². The van der Waals surface area contributed by atoms with Crippen molar-refractivity contribution in [1.82, 2.24) is 5.32 Å². The molecule has 1 heterocycles. The summed E-state index contributed by atoms with van der Waals surface area (Å²) in [6.07, 6.45) is -0.528. The Morgan fingerprint density at radius 3 is 2.84 bits per heavy atom. The molecule has 2 rings (SSSR count). The van der Waals surface area contributed by atoms with Gasteiger partial charge in [0.1, 0.15) is 0 Å². The third kappa shape index (κ3) is 4.05. The van der Waals surface area contributed by atoms with Gasteiger partial charge in [-0.15, -0.1) is 0 Å². The molecule has 1 aromatic carbocycles. The molecular weight excluding hydrogens is 289 g/mol. The SMILES string of the molecule is O[C@@H]1CCOC[C@H]1NC[C@H](O)c1ccc(Cl)c(Cl)c1. The molecule has 4 nitrogen and oxygen atoms in total. The van der Waals surface area contributed by atoms with Crippen molar-refractivity contribution < 1.29 is 14.9 Å². The number of nitrogens with one attached hydrogen (secondary N) is 1. The lowest BCUT2D eigenvalue weighted by Gasteiger charge is -2.29. The maximum Gasteiger partial charge on any atom is 0.0915 e. The molecule has 0 saturated carbocycles. The molecule has 106 valence electrons. The topological polar surface area (TPSA) is 61.7 Å². The van der Waals surface area contributed by atoms with E-state index in [1.807, 2.05) is 0 Å². The lowest BCUT2D eigenvalue weighted by molar-refractivity contribution is -0.0186. The van der Waals surface area contributed by atoms with E-state index in [9.17, 15) is 10.2 Å². The number of aliphatic hydroxyl groups is 2. The van der Waals surface area contributed by atoms with Gasteiger partial charge in [0, 0.05) is 13.2 Å². The van der Waals surface area contributed by atoms with Gasteiger partial charge in [-0.1, -0.05) is 29.3 Å². The molecule has 0 spiro atoms. The highest BCUT2D eigenvalue weighted by Gasteiger charge is 2.24. The van der Waals surface area contributed by atoms with Gasteiger partial charge < -0.3 is 20.3 Å². The van der Waals surface area contributed by atoms with Crippen molar-refractivity contribution in [2.45, 2.75) is 24.7 Å². The molecule has 1 fully saturated rings. The summed E-state index contributed by atoms with van der Waals surface area (Å²) in [5.41, 5.74) is 0.688. The van der Waals surface area contributed by atoms with E-state index in [0.29, 0.717) is 41.8 Å². The van der Waals surface area contributed by atoms with Crippen LogP contribution in [0.1, 0.15) is 18.1 Å². The Kier molecular flexibility index (Phi) is 5.45. The quantitative estimate of drug-likeness (QED) is 0.793. The summed E-state index contributed by atoms with van der Waals surface area (Å²) in [7, 11) is 0. The van der Waals surface area contributed by atoms with Crippen molar-refractivity contribution in [3.8, 4) is 0 Å². The lowest BCUT2D eigenvalue weighted by Crippen LogP contribution is -2.48. The number of hydrogen-bond donors (Lipinski definition) is 3. The number of halogens is 2. The fraction of sp³-hybridized carbons (Fsp3) is 0.538. The zero-order valence-electron chi connectivity index (χ0n) is 10.4. The minimum atomic E-state index is -0.705. The number of ether oxygens (including phenoxy) is 1. The molecule has 0 radical (unpaired) electrons. The highest BCUT2D eigenvalue weighted by atomic mass is 35.5. The number of hydrogen-bond acceptors (Lipinski definition) is 4. The summed E-state index contributed by atoms with van der Waals surface area (Å²) < 4.78 is 5.28. The van der Waals surface area contributed by atoms with Crippen LogP contribution in [0.2, 0.25) is 10.0 Å². The molecule has 3 N–H and O–H groups in total. The standard InChI is InChI=1S/C13H17Cl2NO3/c14-9-2-1-8(5-10(9)15)13(18)6-16-11-7-19-4-3-12(11)17/h1-2,5,11-13,16-18H,3-4,6-7H2/t11-,12-,13+/m1/s1. The Morgan fingerprint density at radius 2 is 2.16 bits per heavy atom. The summed E-state index contributed by atoms with van der Waals surface area (Å²) in [5, 5.41) is 23.8. The molecule has 1 saturated heterocycles. The van der Waals surface area contributed by atoms with E-state index in [1.54, 1.807) is 18.2 Å². The summed E-state index contributed by atoms with van der Waals surface area (Å²) in [5.74, 6) is 0. The molecule has 1 aliphatic heterocycles. The third-order valence-corrected chi connectivity index (χ3v) is 3.96. The second-order valence-corrected chi connectivity index (χ2v) is 5.45. The van der Waals surface area contributed by atoms with Crippen molar-refractivity contribution in [2.24, 2.45) is 0 Å². The fourth-order valence-corrected chi connectivity index (χ4v) is 2.33. The number of benzene rings is 1. The molecule has 3 atom stereocenters. The van der Waals surface area contributed by atoms with Crippen molar-refractivity contribution in [2.75, 3.05) is 19.8 Å². The van der Waals surface area contributed by atoms with Crippen molar-refractivity contribution in [1.29, 1.82) is 0 Å². The Balaban J connectivity index is 1.89. The van der Waals surface area contributed by atoms with Crippen LogP contribution < -0.4 is 5.32 Å². The van der Waals surface area contributed by atoms with E-state index in [2.05, 4.69) is 5.32 Å². The molecule has 1 aliphatic rings. The van der Waals surface area contributed by atoms with E-state index in [0.717, 1.165) is 0 Å². The second-order valence-electron chi connectivity index (χ2n) is 4.64. The van der Waals surface area contributed by atoms with E-state index >= 15 is 0 Å². The van der Waals surface area contributed by atoms with Crippen LogP contribution in [0.3, 0.4) is 0 Å². The van der Waals surface area contributed by atoms with Crippen molar-refractivity contribution in [3.05, 3.63) is 33.8 Å². The fourth-order valence-electron chi connectivity index (χ4n) is 2.02. The minimum absolute atomic E-state index is 0.147. The van der Waals surface area contributed by atoms with Crippen LogP contribution in [0, 0.1) is 0 Å². The predicted octanol–water partition coefficient (Wildman–Crippen LogP) is 1.77. The lowest BCUT2D eigenvalue weighted by atomic mass is 10.1. The van der Waals surface area contributed by atoms with Crippen LogP contribution in [-0.4, -0.2) is 42.1 Å². The maximum atomic E-state index is 10.1. The summed E-state index contributed by atoms with van der Waals surface area (Å²) in [4.78, 5) is 0. The molecule has 6 heteroatoms. The molecule has 0 amide bonds. The van der Waals surface area contributed by atoms with Gasteiger partial charge in [-0.3, -0.25) is 0 Å².